The number of methoxy groups -OCH3 is 1. The van der Waals surface area contributed by atoms with E-state index in [-0.39, 0.29) is 11.9 Å². The highest BCUT2D eigenvalue weighted by atomic mass is 16.5. The Kier molecular flexibility index (Phi) is 3.13. The molecule has 1 heterocycles. The van der Waals surface area contributed by atoms with E-state index in [4.69, 9.17) is 4.74 Å². The summed E-state index contributed by atoms with van der Waals surface area (Å²) in [7, 11) is 1.42. The smallest absolute Gasteiger partial charge is 0.306 e. The lowest BCUT2D eigenvalue weighted by molar-refractivity contribution is -0.141. The van der Waals surface area contributed by atoms with Crippen LogP contribution in [-0.2, 0) is 16.0 Å². The molecular formula is C13H16O3. The van der Waals surface area contributed by atoms with Crippen molar-refractivity contribution in [3.63, 3.8) is 0 Å². The van der Waals surface area contributed by atoms with Gasteiger partial charge in [0.1, 0.15) is 5.75 Å². The van der Waals surface area contributed by atoms with Crippen LogP contribution in [0.3, 0.4) is 0 Å². The number of ether oxygens (including phenoxy) is 2. The summed E-state index contributed by atoms with van der Waals surface area (Å²) in [5.41, 5.74) is 2.42. The molecule has 0 aliphatic carbocycles. The van der Waals surface area contributed by atoms with Crippen LogP contribution in [0.4, 0.5) is 0 Å². The van der Waals surface area contributed by atoms with Crippen LogP contribution in [0.25, 0.3) is 0 Å². The molecule has 0 bridgehead atoms. The Hall–Kier alpha value is -1.51. The van der Waals surface area contributed by atoms with Gasteiger partial charge in [0.2, 0.25) is 0 Å². The van der Waals surface area contributed by atoms with Crippen molar-refractivity contribution in [1.82, 2.24) is 0 Å². The monoisotopic (exact) mass is 220 g/mol. The zero-order valence-electron chi connectivity index (χ0n) is 9.66. The lowest BCUT2D eigenvalue weighted by Crippen LogP contribution is -2.09. The summed E-state index contributed by atoms with van der Waals surface area (Å²) in [5.74, 6) is 0.878. The number of esters is 1. The molecule has 2 rings (SSSR count). The summed E-state index contributed by atoms with van der Waals surface area (Å²) in [6.07, 6.45) is 1.40. The van der Waals surface area contributed by atoms with Crippen molar-refractivity contribution >= 4 is 5.97 Å². The Balaban J connectivity index is 2.20. The van der Waals surface area contributed by atoms with Crippen molar-refractivity contribution in [2.45, 2.75) is 25.7 Å². The van der Waals surface area contributed by atoms with Crippen LogP contribution in [0.1, 0.15) is 30.4 Å². The van der Waals surface area contributed by atoms with E-state index >= 15 is 0 Å². The molecule has 3 heteroatoms. The zero-order chi connectivity index (χ0) is 11.5. The molecule has 1 aromatic carbocycles. The Morgan fingerprint density at radius 1 is 1.56 bits per heavy atom. The van der Waals surface area contributed by atoms with E-state index < -0.39 is 0 Å². The number of aryl methyl sites for hydroxylation is 1. The van der Waals surface area contributed by atoms with Gasteiger partial charge in [0, 0.05) is 11.5 Å². The minimum atomic E-state index is -0.177. The molecule has 1 aromatic rings. The lowest BCUT2D eigenvalue weighted by Gasteiger charge is -2.07. The van der Waals surface area contributed by atoms with E-state index in [9.17, 15) is 4.79 Å². The first-order valence-corrected chi connectivity index (χ1v) is 5.57. The molecule has 0 aromatic heterocycles. The normalized spacial score (nSPS) is 17.8. The van der Waals surface area contributed by atoms with Gasteiger partial charge < -0.3 is 9.47 Å². The van der Waals surface area contributed by atoms with Crippen molar-refractivity contribution in [1.29, 1.82) is 0 Å². The average molecular weight is 220 g/mol. The van der Waals surface area contributed by atoms with Gasteiger partial charge in [0.25, 0.3) is 0 Å². The quantitative estimate of drug-likeness (QED) is 0.733. The third-order valence-electron chi connectivity index (χ3n) is 3.00. The molecule has 0 fully saturated rings. The molecule has 0 N–H and O–H groups in total. The Morgan fingerprint density at radius 2 is 2.38 bits per heavy atom. The van der Waals surface area contributed by atoms with E-state index in [1.54, 1.807) is 0 Å². The van der Waals surface area contributed by atoms with Crippen molar-refractivity contribution in [2.75, 3.05) is 13.7 Å². The van der Waals surface area contributed by atoms with Crippen LogP contribution in [0.15, 0.2) is 18.2 Å². The minimum Gasteiger partial charge on any atom is -0.493 e. The highest BCUT2D eigenvalue weighted by Crippen LogP contribution is 2.36. The van der Waals surface area contributed by atoms with Gasteiger partial charge in [-0.2, -0.15) is 0 Å². The number of hydrogen-bond acceptors (Lipinski definition) is 3. The number of rotatable bonds is 3. The Labute approximate surface area is 95.4 Å². The summed E-state index contributed by atoms with van der Waals surface area (Å²) < 4.78 is 10.2. The maximum atomic E-state index is 11.3. The molecule has 1 aliphatic heterocycles. The van der Waals surface area contributed by atoms with E-state index in [0.29, 0.717) is 13.0 Å². The Bertz CT molecular complexity index is 398. The number of benzene rings is 1. The van der Waals surface area contributed by atoms with Gasteiger partial charge in [-0.05, 0) is 18.1 Å². The van der Waals surface area contributed by atoms with Gasteiger partial charge in [-0.3, -0.25) is 4.79 Å². The molecule has 0 saturated heterocycles. The highest BCUT2D eigenvalue weighted by Gasteiger charge is 2.26. The summed E-state index contributed by atoms with van der Waals surface area (Å²) in [4.78, 5) is 11.3. The molecule has 1 aliphatic rings. The second-order valence-electron chi connectivity index (χ2n) is 4.01. The van der Waals surface area contributed by atoms with Gasteiger partial charge in [0.05, 0.1) is 20.1 Å². The van der Waals surface area contributed by atoms with Crippen molar-refractivity contribution in [3.8, 4) is 5.75 Å². The predicted molar refractivity (Wildman–Crippen MR) is 60.7 cm³/mol. The lowest BCUT2D eigenvalue weighted by atomic mass is 9.96. The second-order valence-corrected chi connectivity index (χ2v) is 4.01. The molecule has 86 valence electrons. The molecule has 0 radical (unpaired) electrons. The number of carbonyl (C=O) groups excluding carboxylic acids is 1. The topological polar surface area (TPSA) is 35.5 Å². The third kappa shape index (κ3) is 2.03. The molecule has 1 atom stereocenters. The molecule has 0 spiro atoms. The summed E-state index contributed by atoms with van der Waals surface area (Å²) in [6, 6.07) is 6.20. The van der Waals surface area contributed by atoms with Crippen molar-refractivity contribution in [3.05, 3.63) is 29.3 Å². The van der Waals surface area contributed by atoms with Gasteiger partial charge in [-0.15, -0.1) is 0 Å². The fourth-order valence-corrected chi connectivity index (χ4v) is 2.00. The van der Waals surface area contributed by atoms with Crippen LogP contribution in [-0.4, -0.2) is 19.7 Å². The van der Waals surface area contributed by atoms with Crippen LogP contribution in [0.2, 0.25) is 0 Å². The van der Waals surface area contributed by atoms with Gasteiger partial charge >= 0.3 is 5.97 Å². The van der Waals surface area contributed by atoms with Gasteiger partial charge in [-0.25, -0.2) is 0 Å². The van der Waals surface area contributed by atoms with Crippen LogP contribution < -0.4 is 4.74 Å². The third-order valence-corrected chi connectivity index (χ3v) is 3.00. The first-order valence-electron chi connectivity index (χ1n) is 5.57. The SMILES string of the molecule is CCc1ccc2c(c1)[C@@H](CC(=O)OC)CO2. The molecule has 3 nitrogen and oxygen atoms in total. The maximum Gasteiger partial charge on any atom is 0.306 e. The largest absolute Gasteiger partial charge is 0.493 e. The molecule has 0 amide bonds. The molecule has 0 unspecified atom stereocenters. The standard InChI is InChI=1S/C13H16O3/c1-3-9-4-5-12-11(6-9)10(8-16-12)7-13(14)15-2/h4-6,10H,3,7-8H2,1-2H3/t10-/m0/s1. The summed E-state index contributed by atoms with van der Waals surface area (Å²) >= 11 is 0. The first kappa shape index (κ1) is 11.0. The van der Waals surface area contributed by atoms with Crippen molar-refractivity contribution in [2.24, 2.45) is 0 Å². The summed E-state index contributed by atoms with van der Waals surface area (Å²) in [5, 5.41) is 0. The average Bonchev–Trinajstić information content (AvgIpc) is 2.71. The Morgan fingerprint density at radius 3 is 3.06 bits per heavy atom. The van der Waals surface area contributed by atoms with E-state index in [1.807, 2.05) is 6.07 Å². The molecular weight excluding hydrogens is 204 g/mol. The number of hydrogen-bond donors (Lipinski definition) is 0. The maximum absolute atomic E-state index is 11.3. The second kappa shape index (κ2) is 4.56. The van der Waals surface area contributed by atoms with Crippen LogP contribution in [0, 0.1) is 0 Å². The highest BCUT2D eigenvalue weighted by molar-refractivity contribution is 5.71. The fraction of sp³-hybridized carbons (Fsp3) is 0.462. The number of carbonyl (C=O) groups is 1. The minimum absolute atomic E-state index is 0.147. The van der Waals surface area contributed by atoms with Gasteiger partial charge in [0.15, 0.2) is 0 Å². The van der Waals surface area contributed by atoms with E-state index in [2.05, 4.69) is 23.8 Å². The fourth-order valence-electron chi connectivity index (χ4n) is 2.00. The predicted octanol–water partition coefficient (Wildman–Crippen LogP) is 2.29. The van der Waals surface area contributed by atoms with Gasteiger partial charge in [-0.1, -0.05) is 19.1 Å². The molecule has 16 heavy (non-hydrogen) atoms. The number of fused-ring (bicyclic) bond motifs is 1. The van der Waals surface area contributed by atoms with Crippen LogP contribution >= 0.6 is 0 Å². The first-order chi connectivity index (χ1) is 7.74. The van der Waals surface area contributed by atoms with E-state index in [1.165, 1.54) is 12.7 Å². The zero-order valence-corrected chi connectivity index (χ0v) is 9.66. The molecule has 0 saturated carbocycles. The van der Waals surface area contributed by atoms with E-state index in [0.717, 1.165) is 17.7 Å². The van der Waals surface area contributed by atoms with Crippen LogP contribution in [0.5, 0.6) is 5.75 Å². The van der Waals surface area contributed by atoms with Crippen molar-refractivity contribution < 1.29 is 14.3 Å². The summed E-state index contributed by atoms with van der Waals surface area (Å²) in [6.45, 7) is 2.70.